The van der Waals surface area contributed by atoms with Crippen molar-refractivity contribution in [2.24, 2.45) is 0 Å². The van der Waals surface area contributed by atoms with Crippen molar-refractivity contribution in [3.8, 4) is 35.4 Å². The molecule has 0 bridgehead atoms. The van der Waals surface area contributed by atoms with Crippen molar-refractivity contribution in [2.75, 3.05) is 0 Å². The third-order valence-electron chi connectivity index (χ3n) is 11.2. The highest BCUT2D eigenvalue weighted by Gasteiger charge is 2.41. The summed E-state index contributed by atoms with van der Waals surface area (Å²) in [5, 5.41) is 48.4. The van der Waals surface area contributed by atoms with Crippen molar-refractivity contribution >= 4 is 76.2 Å². The third-order valence-corrected chi connectivity index (χ3v) is 11.2. The number of rotatable bonds is 0. The SMILES string of the molecule is CC1(C)c2cc3c4ccc(C#N)cc4n4c5cc(C#N)ccc5c(c2-c2c1cc1c5ccc(C#N)cc5n5c6cc(C#N)ccc6c2c15)c34. The molecule has 0 saturated heterocycles. The molecule has 10 aromatic rings. The van der Waals surface area contributed by atoms with Gasteiger partial charge in [0.1, 0.15) is 0 Å². The fraction of sp³-hybridized carbons (Fsp3) is 0.0698. The predicted octanol–water partition coefficient (Wildman–Crippen LogP) is 9.78. The van der Waals surface area contributed by atoms with Crippen molar-refractivity contribution in [3.63, 3.8) is 0 Å². The average molecular weight is 621 g/mol. The van der Waals surface area contributed by atoms with Crippen LogP contribution in [0.15, 0.2) is 84.9 Å². The van der Waals surface area contributed by atoms with Crippen molar-refractivity contribution in [1.82, 2.24) is 8.80 Å². The standard InChI is InChI=1S/C43H20N6/c1-43(2)31-15-29-25-7-3-21(17-44)11-33(25)48-35-13-23(19-46)5-9-27(35)37(41(29)48)39(31)40-32(43)16-30-26-8-4-22(18-45)12-34(26)49-36-14-24(20-47)6-10-28(36)38(40)42(30)49/h3-16H,1-2H3. The molecule has 222 valence electrons. The molecule has 0 fully saturated rings. The van der Waals surface area contributed by atoms with Gasteiger partial charge in [-0.3, -0.25) is 0 Å². The van der Waals surface area contributed by atoms with E-state index in [2.05, 4.69) is 83.3 Å². The largest absolute Gasteiger partial charge is 0.308 e. The Morgan fingerprint density at radius 2 is 0.755 bits per heavy atom. The number of fused-ring (bicyclic) bond motifs is 17. The summed E-state index contributed by atoms with van der Waals surface area (Å²) in [5.74, 6) is 0. The number of benzene rings is 6. The van der Waals surface area contributed by atoms with Crippen molar-refractivity contribution in [2.45, 2.75) is 19.3 Å². The summed E-state index contributed by atoms with van der Waals surface area (Å²) in [6, 6.07) is 37.7. The minimum atomic E-state index is -0.368. The van der Waals surface area contributed by atoms with Crippen LogP contribution in [0.4, 0.5) is 0 Å². The van der Waals surface area contributed by atoms with E-state index < -0.39 is 0 Å². The average Bonchev–Trinajstić information content (AvgIpc) is 3.89. The van der Waals surface area contributed by atoms with Gasteiger partial charge in [-0.05, 0) is 82.9 Å². The molecule has 4 aromatic heterocycles. The van der Waals surface area contributed by atoms with E-state index in [4.69, 9.17) is 0 Å². The number of nitrogens with zero attached hydrogens (tertiary/aromatic N) is 6. The Balaban J connectivity index is 1.43. The van der Waals surface area contributed by atoms with Gasteiger partial charge < -0.3 is 8.80 Å². The van der Waals surface area contributed by atoms with E-state index in [-0.39, 0.29) is 5.41 Å². The molecule has 4 heterocycles. The van der Waals surface area contributed by atoms with Crippen molar-refractivity contribution in [3.05, 3.63) is 118 Å². The molecule has 0 spiro atoms. The molecule has 11 rings (SSSR count). The van der Waals surface area contributed by atoms with E-state index in [1.165, 1.54) is 22.3 Å². The zero-order chi connectivity index (χ0) is 33.1. The van der Waals surface area contributed by atoms with E-state index in [1.807, 2.05) is 48.5 Å². The highest BCUT2D eigenvalue weighted by atomic mass is 14.9. The molecule has 6 aromatic carbocycles. The molecule has 0 amide bonds. The van der Waals surface area contributed by atoms with Crippen LogP contribution < -0.4 is 0 Å². The minimum Gasteiger partial charge on any atom is -0.308 e. The Morgan fingerprint density at radius 3 is 1.10 bits per heavy atom. The Bertz CT molecular complexity index is 3170. The third kappa shape index (κ3) is 2.79. The van der Waals surface area contributed by atoms with Crippen LogP contribution in [0.1, 0.15) is 47.2 Å². The first kappa shape index (κ1) is 26.0. The molecule has 0 unspecified atom stereocenters. The summed E-state index contributed by atoms with van der Waals surface area (Å²) in [4.78, 5) is 0. The summed E-state index contributed by atoms with van der Waals surface area (Å²) in [6.07, 6.45) is 0. The van der Waals surface area contributed by atoms with Crippen LogP contribution in [0.5, 0.6) is 0 Å². The van der Waals surface area contributed by atoms with E-state index in [9.17, 15) is 21.0 Å². The predicted molar refractivity (Wildman–Crippen MR) is 192 cm³/mol. The Labute approximate surface area is 278 Å². The highest BCUT2D eigenvalue weighted by Crippen LogP contribution is 2.59. The lowest BCUT2D eigenvalue weighted by Gasteiger charge is -2.22. The quantitative estimate of drug-likeness (QED) is 0.168. The molecule has 0 saturated carbocycles. The lowest BCUT2D eigenvalue weighted by atomic mass is 9.81. The second-order valence-electron chi connectivity index (χ2n) is 13.8. The molecular formula is C43H20N6. The fourth-order valence-electron chi connectivity index (χ4n) is 9.16. The summed E-state index contributed by atoms with van der Waals surface area (Å²) in [6.45, 7) is 4.61. The zero-order valence-electron chi connectivity index (χ0n) is 26.3. The monoisotopic (exact) mass is 620 g/mol. The topological polar surface area (TPSA) is 104 Å². The number of aromatic nitrogens is 2. The fourth-order valence-corrected chi connectivity index (χ4v) is 9.16. The number of nitriles is 4. The molecule has 0 atom stereocenters. The van der Waals surface area contributed by atoms with Crippen LogP contribution in [0.2, 0.25) is 0 Å². The van der Waals surface area contributed by atoms with Gasteiger partial charge in [-0.1, -0.05) is 38.1 Å². The summed E-state index contributed by atoms with van der Waals surface area (Å²) in [5.41, 5.74) is 12.8. The highest BCUT2D eigenvalue weighted by molar-refractivity contribution is 6.34. The van der Waals surface area contributed by atoms with Gasteiger partial charge in [0.05, 0.1) is 79.6 Å². The van der Waals surface area contributed by atoms with Crippen LogP contribution in [-0.4, -0.2) is 8.80 Å². The maximum absolute atomic E-state index is 9.94. The lowest BCUT2D eigenvalue weighted by Crippen LogP contribution is -2.15. The first-order valence-electron chi connectivity index (χ1n) is 16.1. The maximum Gasteiger partial charge on any atom is 0.0992 e. The van der Waals surface area contributed by atoms with Crippen molar-refractivity contribution < 1.29 is 0 Å². The zero-order valence-corrected chi connectivity index (χ0v) is 26.3. The van der Waals surface area contributed by atoms with Crippen LogP contribution in [0, 0.1) is 45.3 Å². The molecule has 0 N–H and O–H groups in total. The van der Waals surface area contributed by atoms with Gasteiger partial charge in [0, 0.05) is 48.5 Å². The molecule has 1 aliphatic carbocycles. The van der Waals surface area contributed by atoms with Crippen LogP contribution in [0.3, 0.4) is 0 Å². The first-order chi connectivity index (χ1) is 23.9. The van der Waals surface area contributed by atoms with Crippen LogP contribution in [-0.2, 0) is 5.41 Å². The van der Waals surface area contributed by atoms with Gasteiger partial charge in [0.2, 0.25) is 0 Å². The summed E-state index contributed by atoms with van der Waals surface area (Å²) < 4.78 is 4.49. The molecule has 0 radical (unpaired) electrons. The smallest absolute Gasteiger partial charge is 0.0992 e. The minimum absolute atomic E-state index is 0.368. The Morgan fingerprint density at radius 1 is 0.429 bits per heavy atom. The summed E-state index contributed by atoms with van der Waals surface area (Å²) >= 11 is 0. The Kier molecular flexibility index (Phi) is 4.37. The van der Waals surface area contributed by atoms with Crippen molar-refractivity contribution in [1.29, 1.82) is 21.0 Å². The summed E-state index contributed by atoms with van der Waals surface area (Å²) in [7, 11) is 0. The molecular weight excluding hydrogens is 601 g/mol. The molecule has 1 aliphatic rings. The second-order valence-corrected chi connectivity index (χ2v) is 13.8. The maximum atomic E-state index is 9.94. The van der Waals surface area contributed by atoms with Gasteiger partial charge in [0.25, 0.3) is 0 Å². The Hall–Kier alpha value is -7.12. The first-order valence-corrected chi connectivity index (χ1v) is 16.1. The van der Waals surface area contributed by atoms with E-state index in [0.717, 1.165) is 76.2 Å². The molecule has 49 heavy (non-hydrogen) atoms. The van der Waals surface area contributed by atoms with Gasteiger partial charge in [-0.15, -0.1) is 0 Å². The van der Waals surface area contributed by atoms with Gasteiger partial charge in [-0.25, -0.2) is 0 Å². The van der Waals surface area contributed by atoms with E-state index in [1.54, 1.807) is 0 Å². The van der Waals surface area contributed by atoms with Gasteiger partial charge in [-0.2, -0.15) is 21.0 Å². The normalized spacial score (nSPS) is 13.6. The second kappa shape index (κ2) is 8.23. The molecule has 0 aliphatic heterocycles. The van der Waals surface area contributed by atoms with Gasteiger partial charge in [0.15, 0.2) is 0 Å². The molecule has 6 nitrogen and oxygen atoms in total. The number of hydrogen-bond donors (Lipinski definition) is 0. The van der Waals surface area contributed by atoms with Crippen LogP contribution >= 0.6 is 0 Å². The van der Waals surface area contributed by atoms with E-state index >= 15 is 0 Å². The van der Waals surface area contributed by atoms with Crippen LogP contribution in [0.25, 0.3) is 87.3 Å². The number of hydrogen-bond acceptors (Lipinski definition) is 4. The van der Waals surface area contributed by atoms with E-state index in [0.29, 0.717) is 22.3 Å². The molecule has 6 heteroatoms. The van der Waals surface area contributed by atoms with Gasteiger partial charge >= 0.3 is 0 Å². The lowest BCUT2D eigenvalue weighted by molar-refractivity contribution is 0.662.